The van der Waals surface area contributed by atoms with Crippen LogP contribution in [0.3, 0.4) is 0 Å². The smallest absolute Gasteiger partial charge is 0.315 e. The van der Waals surface area contributed by atoms with Crippen LogP contribution in [0.15, 0.2) is 17.1 Å². The van der Waals surface area contributed by atoms with E-state index < -0.39 is 42.6 Å². The summed E-state index contributed by atoms with van der Waals surface area (Å²) >= 11 is 0. The van der Waals surface area contributed by atoms with Gasteiger partial charge < -0.3 is 30.6 Å². The van der Waals surface area contributed by atoms with Gasteiger partial charge in [0.15, 0.2) is 12.3 Å². The van der Waals surface area contributed by atoms with Crippen molar-refractivity contribution in [2.24, 2.45) is 0 Å². The molecule has 104 valence electrons. The molecule has 9 nitrogen and oxygen atoms in total. The first-order valence-corrected chi connectivity index (χ1v) is 5.48. The van der Waals surface area contributed by atoms with Gasteiger partial charge >= 0.3 is 11.8 Å². The number of aliphatic hydroxyl groups is 3. The van der Waals surface area contributed by atoms with Gasteiger partial charge in [-0.25, -0.2) is 0 Å². The second kappa shape index (κ2) is 5.05. The molecule has 0 aliphatic carbocycles. The van der Waals surface area contributed by atoms with Crippen molar-refractivity contribution in [3.8, 4) is 0 Å². The molecule has 0 spiro atoms. The molecule has 1 aromatic heterocycles. The molecule has 0 aromatic carbocycles. The molecule has 4 atom stereocenters. The lowest BCUT2D eigenvalue weighted by molar-refractivity contribution is -0.815. The Morgan fingerprint density at radius 1 is 1.53 bits per heavy atom. The van der Waals surface area contributed by atoms with E-state index in [0.29, 0.717) is 0 Å². The summed E-state index contributed by atoms with van der Waals surface area (Å²) in [5.41, 5.74) is -1.15. The van der Waals surface area contributed by atoms with Gasteiger partial charge in [0.05, 0.1) is 12.2 Å². The molecule has 0 bridgehead atoms. The molecule has 1 aliphatic heterocycles. The van der Waals surface area contributed by atoms with Gasteiger partial charge in [-0.1, -0.05) is 4.68 Å². The van der Waals surface area contributed by atoms with Gasteiger partial charge in [-0.05, 0) is 5.90 Å². The van der Waals surface area contributed by atoms with Crippen LogP contribution in [-0.4, -0.2) is 51.2 Å². The van der Waals surface area contributed by atoms with Crippen LogP contribution < -0.4 is 15.3 Å². The lowest BCUT2D eigenvalue weighted by atomic mass is 10.1. The summed E-state index contributed by atoms with van der Waals surface area (Å²) in [6, 6.07) is 1.11. The number of rotatable bonds is 3. The molecule has 1 saturated heterocycles. The van der Waals surface area contributed by atoms with Crippen LogP contribution >= 0.6 is 0 Å². The Morgan fingerprint density at radius 2 is 2.21 bits per heavy atom. The number of aromatic amines is 1. The van der Waals surface area contributed by atoms with Gasteiger partial charge in [0.25, 0.3) is 0 Å². The van der Waals surface area contributed by atoms with Gasteiger partial charge in [0, 0.05) is 6.07 Å². The summed E-state index contributed by atoms with van der Waals surface area (Å²) in [4.78, 5) is 11.5. The largest absolute Gasteiger partial charge is 0.859 e. The Bertz CT molecular complexity index is 544. The minimum Gasteiger partial charge on any atom is -0.859 e. The average Bonchev–Trinajstić information content (AvgIpc) is 2.65. The monoisotopic (exact) mass is 271 g/mol. The van der Waals surface area contributed by atoms with E-state index in [1.165, 1.54) is 6.20 Å². The van der Waals surface area contributed by atoms with Crippen molar-refractivity contribution in [2.75, 3.05) is 6.61 Å². The lowest BCUT2D eigenvalue weighted by Gasteiger charge is -2.10. The standard InChI is InChI=1S/C10H13N3O6/c11-8(17)4-1-2-13(12-9(4)18)10-7(16)6(15)5(3-14)19-10/h1-2,5-7,10,14-16H,3H2,(H2-,11,12,17,18)/t5-,6-,7-,10-/m1/s1. The van der Waals surface area contributed by atoms with E-state index in [4.69, 9.17) is 15.3 Å². The lowest BCUT2D eigenvalue weighted by Crippen LogP contribution is -2.52. The Balaban J connectivity index is 2.31. The average molecular weight is 271 g/mol. The molecule has 0 unspecified atom stereocenters. The number of aliphatic hydroxyl groups excluding tert-OH is 3. The van der Waals surface area contributed by atoms with Crippen LogP contribution in [0.4, 0.5) is 0 Å². The fourth-order valence-corrected chi connectivity index (χ4v) is 1.88. The van der Waals surface area contributed by atoms with Crippen molar-refractivity contribution in [1.29, 1.82) is 5.41 Å². The van der Waals surface area contributed by atoms with E-state index in [1.54, 1.807) is 0 Å². The highest BCUT2D eigenvalue weighted by Gasteiger charge is 2.48. The maximum atomic E-state index is 11.5. The first kappa shape index (κ1) is 13.6. The van der Waals surface area contributed by atoms with E-state index in [-0.39, 0.29) is 5.56 Å². The third-order valence-corrected chi connectivity index (χ3v) is 2.91. The molecule has 9 heteroatoms. The maximum absolute atomic E-state index is 11.5. The zero-order chi connectivity index (χ0) is 14.2. The molecular formula is C10H13N3O6. The third kappa shape index (κ3) is 2.36. The summed E-state index contributed by atoms with van der Waals surface area (Å²) in [6.07, 6.45) is -3.44. The number of nitrogens with one attached hydrogen (secondary N) is 2. The van der Waals surface area contributed by atoms with Gasteiger partial charge in [0.2, 0.25) is 0 Å². The van der Waals surface area contributed by atoms with Crippen molar-refractivity contribution in [1.82, 2.24) is 5.10 Å². The van der Waals surface area contributed by atoms with Gasteiger partial charge in [0.1, 0.15) is 12.2 Å². The Morgan fingerprint density at radius 3 is 2.68 bits per heavy atom. The first-order valence-electron chi connectivity index (χ1n) is 5.48. The maximum Gasteiger partial charge on any atom is 0.315 e. The van der Waals surface area contributed by atoms with Gasteiger partial charge in [-0.2, -0.15) is 0 Å². The van der Waals surface area contributed by atoms with E-state index in [0.717, 1.165) is 10.7 Å². The minimum absolute atomic E-state index is 0.344. The highest BCUT2D eigenvalue weighted by atomic mass is 16.6. The van der Waals surface area contributed by atoms with Gasteiger partial charge in [-0.3, -0.25) is 4.79 Å². The zero-order valence-corrected chi connectivity index (χ0v) is 9.68. The summed E-state index contributed by atoms with van der Waals surface area (Å²) in [7, 11) is 0. The number of hydrogen-bond acceptors (Lipinski definition) is 7. The molecule has 1 aliphatic rings. The molecule has 0 radical (unpaired) electrons. The van der Waals surface area contributed by atoms with E-state index in [9.17, 15) is 20.1 Å². The predicted octanol–water partition coefficient (Wildman–Crippen LogP) is -4.04. The zero-order valence-electron chi connectivity index (χ0n) is 9.68. The molecule has 19 heavy (non-hydrogen) atoms. The molecule has 5 N–H and O–H groups in total. The predicted molar refractivity (Wildman–Crippen MR) is 57.1 cm³/mol. The fourth-order valence-electron chi connectivity index (χ4n) is 1.88. The van der Waals surface area contributed by atoms with Crippen LogP contribution in [-0.2, 0) is 4.74 Å². The summed E-state index contributed by atoms with van der Waals surface area (Å²) in [5.74, 6) is -1.13. The van der Waals surface area contributed by atoms with Crippen LogP contribution in [0, 0.1) is 5.41 Å². The van der Waals surface area contributed by atoms with E-state index in [1.807, 2.05) is 0 Å². The number of aromatic nitrogens is 2. The molecule has 1 fully saturated rings. The van der Waals surface area contributed by atoms with Crippen LogP contribution in [0.5, 0.6) is 0 Å². The number of hydrogen-bond donors (Lipinski definition) is 5. The molecular weight excluding hydrogens is 258 g/mol. The second-order valence-corrected chi connectivity index (χ2v) is 4.14. The van der Waals surface area contributed by atoms with E-state index >= 15 is 0 Å². The van der Waals surface area contributed by atoms with Crippen molar-refractivity contribution >= 4 is 5.90 Å². The highest BCUT2D eigenvalue weighted by molar-refractivity contribution is 5.87. The van der Waals surface area contributed by atoms with Crippen LogP contribution in [0.25, 0.3) is 0 Å². The summed E-state index contributed by atoms with van der Waals surface area (Å²) in [6.45, 7) is -0.483. The molecule has 1 aromatic rings. The Labute approximate surface area is 106 Å². The number of H-pyrrole nitrogens is 1. The highest BCUT2D eigenvalue weighted by Crippen LogP contribution is 2.24. The quantitative estimate of drug-likeness (QED) is 0.214. The SMILES string of the molecule is N=C([O-])c1cc[n+]([C@@H]2O[C@H](CO)[C@@H](O)[C@H]2O)[nH]c1=O. The minimum atomic E-state index is -1.34. The molecule has 0 amide bonds. The van der Waals surface area contributed by atoms with Crippen LogP contribution in [0.2, 0.25) is 0 Å². The third-order valence-electron chi connectivity index (χ3n) is 2.91. The van der Waals surface area contributed by atoms with Crippen LogP contribution in [0.1, 0.15) is 11.8 Å². The normalized spacial score (nSPS) is 30.5. The Kier molecular flexibility index (Phi) is 3.62. The topological polar surface area (TPSA) is 154 Å². The van der Waals surface area contributed by atoms with Crippen molar-refractivity contribution in [3.05, 3.63) is 28.2 Å². The fraction of sp³-hybridized carbons (Fsp3) is 0.500. The molecule has 2 heterocycles. The molecule has 2 rings (SSSR count). The van der Waals surface area contributed by atoms with Crippen molar-refractivity contribution in [2.45, 2.75) is 24.5 Å². The second-order valence-electron chi connectivity index (χ2n) is 4.14. The Hall–Kier alpha value is -1.81. The number of nitrogens with zero attached hydrogens (tertiary/aromatic N) is 1. The summed E-state index contributed by atoms with van der Waals surface area (Å²) in [5, 5.41) is 48.2. The first-order chi connectivity index (χ1) is 8.95. The van der Waals surface area contributed by atoms with Crippen molar-refractivity contribution in [3.63, 3.8) is 0 Å². The van der Waals surface area contributed by atoms with Crippen molar-refractivity contribution < 1.29 is 29.8 Å². The summed E-state index contributed by atoms with van der Waals surface area (Å²) < 4.78 is 6.26. The van der Waals surface area contributed by atoms with E-state index in [2.05, 4.69) is 5.10 Å². The number of ether oxygens (including phenoxy) is 1. The molecule has 0 saturated carbocycles. The van der Waals surface area contributed by atoms with Gasteiger partial charge in [-0.15, -0.1) is 5.10 Å².